The van der Waals surface area contributed by atoms with Crippen LogP contribution in [0.15, 0.2) is 42.7 Å². The van der Waals surface area contributed by atoms with Crippen LogP contribution in [0.25, 0.3) is 27.6 Å². The van der Waals surface area contributed by atoms with Gasteiger partial charge in [-0.25, -0.2) is 19.6 Å². The summed E-state index contributed by atoms with van der Waals surface area (Å²) in [5.74, 6) is -2.09. The quantitative estimate of drug-likeness (QED) is 0.505. The second kappa shape index (κ2) is 8.08. The van der Waals surface area contributed by atoms with Crippen molar-refractivity contribution in [3.63, 3.8) is 0 Å². The Morgan fingerprint density at radius 1 is 1.16 bits per heavy atom. The summed E-state index contributed by atoms with van der Waals surface area (Å²) in [6.45, 7) is 3.19. The van der Waals surface area contributed by atoms with Crippen LogP contribution in [0, 0.1) is 5.92 Å². The smallest absolute Gasteiger partial charge is 0.338 e. The van der Waals surface area contributed by atoms with Gasteiger partial charge in [-0.3, -0.25) is 4.90 Å². The molecule has 6 rings (SSSR count). The first kappa shape index (κ1) is 20.2. The lowest BCUT2D eigenvalue weighted by molar-refractivity contribution is -0.133. The van der Waals surface area contributed by atoms with Gasteiger partial charge >= 0.3 is 17.9 Å². The fourth-order valence-electron chi connectivity index (χ4n) is 4.63. The van der Waals surface area contributed by atoms with Gasteiger partial charge < -0.3 is 19.9 Å². The molecule has 2 bridgehead atoms. The Morgan fingerprint density at radius 3 is 2.53 bits per heavy atom. The molecule has 0 unspecified atom stereocenters. The number of carbonyl (C=O) groups is 2. The predicted molar refractivity (Wildman–Crippen MR) is 116 cm³/mol. The molecule has 3 fully saturated rings. The molecule has 0 amide bonds. The summed E-state index contributed by atoms with van der Waals surface area (Å²) in [6, 6.07) is 7.50. The molecule has 5 heterocycles. The number of hydrogen-bond acceptors (Lipinski definition) is 6. The molecule has 0 aliphatic carbocycles. The van der Waals surface area contributed by atoms with Crippen molar-refractivity contribution in [3.8, 4) is 17.1 Å². The zero-order chi connectivity index (χ0) is 22.2. The monoisotopic (exact) mass is 434 g/mol. The molecule has 3 N–H and O–H groups in total. The molecule has 0 spiro atoms. The van der Waals surface area contributed by atoms with Crippen molar-refractivity contribution in [1.29, 1.82) is 0 Å². The Morgan fingerprint density at radius 2 is 1.91 bits per heavy atom. The van der Waals surface area contributed by atoms with Crippen LogP contribution in [0.5, 0.6) is 6.01 Å². The Bertz CT molecular complexity index is 1210. The van der Waals surface area contributed by atoms with Gasteiger partial charge in [-0.15, -0.1) is 0 Å². The van der Waals surface area contributed by atoms with Gasteiger partial charge in [0.05, 0.1) is 11.3 Å². The third-order valence-electron chi connectivity index (χ3n) is 6.24. The lowest BCUT2D eigenvalue weighted by Gasteiger charge is -2.43. The number of aromatic nitrogens is 3. The fourth-order valence-corrected chi connectivity index (χ4v) is 4.63. The van der Waals surface area contributed by atoms with Crippen molar-refractivity contribution < 1.29 is 24.5 Å². The number of nitrogens with zero attached hydrogens (tertiary/aromatic N) is 3. The number of H-pyrrole nitrogens is 1. The molecule has 0 saturated carbocycles. The van der Waals surface area contributed by atoms with E-state index in [0.29, 0.717) is 23.5 Å². The first-order valence-electron chi connectivity index (χ1n) is 10.5. The Hall–Kier alpha value is -3.72. The van der Waals surface area contributed by atoms with Crippen molar-refractivity contribution in [2.45, 2.75) is 18.9 Å². The van der Waals surface area contributed by atoms with E-state index in [1.54, 1.807) is 24.5 Å². The van der Waals surface area contributed by atoms with Gasteiger partial charge in [-0.1, -0.05) is 12.1 Å². The molecule has 0 radical (unpaired) electrons. The SMILES string of the molecule is O=C(O)/C=C(/C(=O)O)c1cc2c(-c3cnc(O[C@H]4CN5CCC4CC5)nc3)cccc2[nH]1. The highest BCUT2D eigenvalue weighted by Crippen LogP contribution is 2.32. The van der Waals surface area contributed by atoms with Crippen LogP contribution in [0.2, 0.25) is 0 Å². The largest absolute Gasteiger partial charge is 0.478 e. The zero-order valence-electron chi connectivity index (χ0n) is 17.2. The molecule has 32 heavy (non-hydrogen) atoms. The summed E-state index contributed by atoms with van der Waals surface area (Å²) in [5.41, 5.74) is 2.13. The van der Waals surface area contributed by atoms with Crippen LogP contribution in [0.1, 0.15) is 18.5 Å². The summed E-state index contributed by atoms with van der Waals surface area (Å²) >= 11 is 0. The molecule has 164 valence electrons. The number of benzene rings is 1. The number of carboxylic acid groups (broad SMARTS) is 2. The van der Waals surface area contributed by atoms with Crippen LogP contribution < -0.4 is 4.74 Å². The number of rotatable bonds is 6. The van der Waals surface area contributed by atoms with E-state index in [4.69, 9.17) is 9.84 Å². The molecule has 2 aromatic heterocycles. The second-order valence-electron chi connectivity index (χ2n) is 8.20. The zero-order valence-corrected chi connectivity index (χ0v) is 17.2. The Kier molecular flexibility index (Phi) is 5.10. The molecule has 3 aliphatic heterocycles. The minimum Gasteiger partial charge on any atom is -0.478 e. The normalized spacial score (nSPS) is 22.8. The van der Waals surface area contributed by atoms with Crippen LogP contribution >= 0.6 is 0 Å². The van der Waals surface area contributed by atoms with Crippen molar-refractivity contribution in [3.05, 3.63) is 48.4 Å². The number of ether oxygens (including phenoxy) is 1. The van der Waals surface area contributed by atoms with Crippen LogP contribution in [0.4, 0.5) is 0 Å². The van der Waals surface area contributed by atoms with Crippen molar-refractivity contribution >= 4 is 28.4 Å². The standard InChI is InChI=1S/C23H22N4O5/c28-21(29)9-17(22(30)31)19-8-16-15(2-1-3-18(16)26-19)14-10-24-23(25-11-14)32-20-12-27-6-4-13(20)5-7-27/h1-3,8-11,13,20,26H,4-7,12H2,(H,28,29)(H,30,31)/b17-9+/t20-/m0/s1. The van der Waals surface area contributed by atoms with Gasteiger partial charge in [-0.2, -0.15) is 0 Å². The minimum atomic E-state index is -1.33. The fraction of sp³-hybridized carbons (Fsp3) is 0.304. The van der Waals surface area contributed by atoms with Crippen molar-refractivity contribution in [2.24, 2.45) is 5.92 Å². The minimum absolute atomic E-state index is 0.120. The van der Waals surface area contributed by atoms with Gasteiger partial charge in [0, 0.05) is 41.5 Å². The average Bonchev–Trinajstić information content (AvgIpc) is 3.23. The number of carboxylic acids is 2. The third-order valence-corrected chi connectivity index (χ3v) is 6.24. The lowest BCUT2D eigenvalue weighted by atomic mass is 9.86. The highest BCUT2D eigenvalue weighted by Gasteiger charge is 2.36. The van der Waals surface area contributed by atoms with Crippen LogP contribution in [-0.4, -0.2) is 67.7 Å². The highest BCUT2D eigenvalue weighted by molar-refractivity contribution is 6.20. The summed E-state index contributed by atoms with van der Waals surface area (Å²) in [7, 11) is 0. The van der Waals surface area contributed by atoms with Gasteiger partial charge in [0.25, 0.3) is 0 Å². The number of aliphatic carboxylic acids is 2. The van der Waals surface area contributed by atoms with Gasteiger partial charge in [0.15, 0.2) is 0 Å². The van der Waals surface area contributed by atoms with E-state index in [1.807, 2.05) is 12.1 Å². The van der Waals surface area contributed by atoms with Crippen LogP contribution in [-0.2, 0) is 9.59 Å². The van der Waals surface area contributed by atoms with E-state index in [9.17, 15) is 14.7 Å². The van der Waals surface area contributed by atoms with Gasteiger partial charge in [-0.05, 0) is 49.5 Å². The molecule has 9 nitrogen and oxygen atoms in total. The van der Waals surface area contributed by atoms with Gasteiger partial charge in [0.2, 0.25) is 0 Å². The van der Waals surface area contributed by atoms with E-state index >= 15 is 0 Å². The molecular weight excluding hydrogens is 412 g/mol. The maximum Gasteiger partial charge on any atom is 0.338 e. The summed E-state index contributed by atoms with van der Waals surface area (Å²) in [4.78, 5) is 36.8. The third kappa shape index (κ3) is 3.82. The van der Waals surface area contributed by atoms with E-state index in [-0.39, 0.29) is 17.4 Å². The molecule has 1 aromatic carbocycles. The number of aromatic amines is 1. The number of piperidine rings is 3. The average molecular weight is 434 g/mol. The first-order valence-corrected chi connectivity index (χ1v) is 10.5. The van der Waals surface area contributed by atoms with Crippen molar-refractivity contribution in [1.82, 2.24) is 19.9 Å². The molecule has 3 aliphatic rings. The van der Waals surface area contributed by atoms with E-state index in [2.05, 4.69) is 19.9 Å². The lowest BCUT2D eigenvalue weighted by Crippen LogP contribution is -2.52. The van der Waals surface area contributed by atoms with Crippen LogP contribution in [0.3, 0.4) is 0 Å². The summed E-state index contributed by atoms with van der Waals surface area (Å²) in [5, 5.41) is 19.1. The van der Waals surface area contributed by atoms with Crippen molar-refractivity contribution in [2.75, 3.05) is 19.6 Å². The number of fused-ring (bicyclic) bond motifs is 4. The Labute approximate surface area is 183 Å². The molecule has 3 aromatic rings. The maximum absolute atomic E-state index is 11.5. The van der Waals surface area contributed by atoms with E-state index < -0.39 is 11.9 Å². The van der Waals surface area contributed by atoms with E-state index in [1.165, 1.54) is 0 Å². The maximum atomic E-state index is 11.5. The predicted octanol–water partition coefficient (Wildman–Crippen LogP) is 2.65. The number of hydrogen-bond donors (Lipinski definition) is 3. The molecular formula is C23H22N4O5. The number of nitrogens with one attached hydrogen (secondary N) is 1. The van der Waals surface area contributed by atoms with E-state index in [0.717, 1.165) is 49.0 Å². The Balaban J connectivity index is 1.42. The van der Waals surface area contributed by atoms with Gasteiger partial charge in [0.1, 0.15) is 6.10 Å². The second-order valence-corrected chi connectivity index (χ2v) is 8.20. The summed E-state index contributed by atoms with van der Waals surface area (Å²) < 4.78 is 6.07. The summed E-state index contributed by atoms with van der Waals surface area (Å²) in [6.07, 6.45) is 6.47. The molecule has 9 heteroatoms. The molecule has 1 atom stereocenters. The first-order chi connectivity index (χ1) is 15.5. The molecule has 3 saturated heterocycles. The topological polar surface area (TPSA) is 129 Å². The highest BCUT2D eigenvalue weighted by atomic mass is 16.5.